The molecule has 0 aliphatic heterocycles. The predicted octanol–water partition coefficient (Wildman–Crippen LogP) is 2.87. The van der Waals surface area contributed by atoms with E-state index in [0.717, 1.165) is 10.9 Å². The van der Waals surface area contributed by atoms with Gasteiger partial charge in [0.05, 0.1) is 5.56 Å². The second-order valence-electron chi connectivity index (χ2n) is 4.88. The molecule has 0 saturated heterocycles. The van der Waals surface area contributed by atoms with Crippen LogP contribution in [-0.4, -0.2) is 5.91 Å². The molecule has 104 valence electrons. The van der Waals surface area contributed by atoms with Gasteiger partial charge in [-0.2, -0.15) is 0 Å². The van der Waals surface area contributed by atoms with Gasteiger partial charge in [-0.3, -0.25) is 4.79 Å². The van der Waals surface area contributed by atoms with Gasteiger partial charge in [-0.25, -0.2) is 4.79 Å². The van der Waals surface area contributed by atoms with Crippen molar-refractivity contribution in [2.45, 2.75) is 6.92 Å². The molecule has 21 heavy (non-hydrogen) atoms. The lowest BCUT2D eigenvalue weighted by atomic mass is 9.98. The average Bonchev–Trinajstić information content (AvgIpc) is 2.47. The highest BCUT2D eigenvalue weighted by Gasteiger charge is 2.12. The van der Waals surface area contributed by atoms with Crippen LogP contribution in [0.3, 0.4) is 0 Å². The topological polar surface area (TPSA) is 73.3 Å². The summed E-state index contributed by atoms with van der Waals surface area (Å²) >= 11 is 0. The Morgan fingerprint density at radius 1 is 1.05 bits per heavy atom. The van der Waals surface area contributed by atoms with Crippen molar-refractivity contribution >= 4 is 16.9 Å². The maximum atomic E-state index is 12.2. The molecule has 1 amide bonds. The molecule has 0 unspecified atom stereocenters. The number of carbonyl (C=O) groups excluding carboxylic acids is 1. The Labute approximate surface area is 120 Å². The third-order valence-corrected chi connectivity index (χ3v) is 3.45. The minimum atomic E-state index is -0.526. The van der Waals surface area contributed by atoms with Gasteiger partial charge in [-0.05, 0) is 42.3 Å². The van der Waals surface area contributed by atoms with Gasteiger partial charge < -0.3 is 10.2 Å². The highest BCUT2D eigenvalue weighted by atomic mass is 16.4. The fourth-order valence-corrected chi connectivity index (χ4v) is 2.32. The van der Waals surface area contributed by atoms with Gasteiger partial charge in [0.2, 0.25) is 5.91 Å². The van der Waals surface area contributed by atoms with Gasteiger partial charge in [-0.15, -0.1) is 0 Å². The maximum Gasteiger partial charge on any atom is 0.344 e. The Morgan fingerprint density at radius 3 is 2.57 bits per heavy atom. The number of amides is 1. The number of hydrogen-bond donors (Lipinski definition) is 1. The first-order chi connectivity index (χ1) is 10.1. The minimum absolute atomic E-state index is 0.364. The molecule has 0 bridgehead atoms. The van der Waals surface area contributed by atoms with E-state index in [1.165, 1.54) is 0 Å². The molecule has 0 saturated carbocycles. The summed E-state index contributed by atoms with van der Waals surface area (Å²) in [5.74, 6) is -0.526. The molecule has 4 nitrogen and oxygen atoms in total. The van der Waals surface area contributed by atoms with Gasteiger partial charge >= 0.3 is 5.63 Å². The zero-order chi connectivity index (χ0) is 15.0. The lowest BCUT2D eigenvalue weighted by molar-refractivity contribution is 0.100. The Balaban J connectivity index is 2.29. The van der Waals surface area contributed by atoms with E-state index in [9.17, 15) is 9.59 Å². The monoisotopic (exact) mass is 279 g/mol. The van der Waals surface area contributed by atoms with Crippen LogP contribution in [-0.2, 0) is 0 Å². The zero-order valence-electron chi connectivity index (χ0n) is 11.4. The number of rotatable bonds is 2. The van der Waals surface area contributed by atoms with E-state index in [-0.39, 0.29) is 0 Å². The molecule has 1 heterocycles. The summed E-state index contributed by atoms with van der Waals surface area (Å²) in [6.07, 6.45) is 0. The largest absolute Gasteiger partial charge is 0.422 e. The number of nitrogens with two attached hydrogens (primary N) is 1. The van der Waals surface area contributed by atoms with Crippen LogP contribution in [0.25, 0.3) is 22.1 Å². The van der Waals surface area contributed by atoms with Crippen molar-refractivity contribution in [2.75, 3.05) is 0 Å². The van der Waals surface area contributed by atoms with Crippen LogP contribution in [0, 0.1) is 6.92 Å². The summed E-state index contributed by atoms with van der Waals surface area (Å²) in [6, 6.07) is 14.1. The van der Waals surface area contributed by atoms with Gasteiger partial charge in [0.1, 0.15) is 5.58 Å². The van der Waals surface area contributed by atoms with Gasteiger partial charge in [-0.1, -0.05) is 24.3 Å². The molecule has 0 fully saturated rings. The number of primary amides is 1. The molecular formula is C17H13NO3. The summed E-state index contributed by atoms with van der Waals surface area (Å²) in [6.45, 7) is 1.87. The van der Waals surface area contributed by atoms with Crippen molar-refractivity contribution in [3.05, 3.63) is 70.1 Å². The molecule has 2 aromatic carbocycles. The van der Waals surface area contributed by atoms with Crippen LogP contribution in [0.5, 0.6) is 0 Å². The quantitative estimate of drug-likeness (QED) is 0.733. The molecule has 2 N–H and O–H groups in total. The van der Waals surface area contributed by atoms with E-state index in [1.54, 1.807) is 30.3 Å². The van der Waals surface area contributed by atoms with Crippen molar-refractivity contribution in [3.63, 3.8) is 0 Å². The predicted molar refractivity (Wildman–Crippen MR) is 81.2 cm³/mol. The molecule has 0 aliphatic carbocycles. The second kappa shape index (κ2) is 4.90. The number of aryl methyl sites for hydroxylation is 1. The van der Waals surface area contributed by atoms with Crippen LogP contribution in [0.4, 0.5) is 0 Å². The number of fused-ring (bicyclic) bond motifs is 1. The summed E-state index contributed by atoms with van der Waals surface area (Å²) < 4.78 is 5.33. The Kier molecular flexibility index (Phi) is 3.06. The molecule has 0 spiro atoms. The highest BCUT2D eigenvalue weighted by Crippen LogP contribution is 2.25. The number of hydrogen-bond acceptors (Lipinski definition) is 3. The molecule has 0 radical (unpaired) electrons. The van der Waals surface area contributed by atoms with Crippen molar-refractivity contribution in [1.82, 2.24) is 0 Å². The third kappa shape index (κ3) is 2.31. The molecule has 0 atom stereocenters. The van der Waals surface area contributed by atoms with E-state index in [2.05, 4.69) is 0 Å². The maximum absolute atomic E-state index is 12.2. The first-order valence-corrected chi connectivity index (χ1v) is 6.50. The second-order valence-corrected chi connectivity index (χ2v) is 4.88. The van der Waals surface area contributed by atoms with Crippen molar-refractivity contribution < 1.29 is 9.21 Å². The Morgan fingerprint density at radius 2 is 1.81 bits per heavy atom. The third-order valence-electron chi connectivity index (χ3n) is 3.45. The van der Waals surface area contributed by atoms with Crippen LogP contribution >= 0.6 is 0 Å². The van der Waals surface area contributed by atoms with Crippen molar-refractivity contribution in [1.29, 1.82) is 0 Å². The summed E-state index contributed by atoms with van der Waals surface area (Å²) in [4.78, 5) is 23.5. The Hall–Kier alpha value is -2.88. The Bertz CT molecular complexity index is 909. The lowest BCUT2D eigenvalue weighted by Gasteiger charge is -2.07. The SMILES string of the molecule is Cc1ccc(C(N)=O)cc1-c1cc2ccccc2oc1=O. The van der Waals surface area contributed by atoms with Crippen LogP contribution < -0.4 is 11.4 Å². The average molecular weight is 279 g/mol. The molecule has 3 rings (SSSR count). The van der Waals surface area contributed by atoms with E-state index >= 15 is 0 Å². The fourth-order valence-electron chi connectivity index (χ4n) is 2.32. The standard InChI is InChI=1S/C17H13NO3/c1-10-6-7-12(16(18)19)9-13(10)14-8-11-4-2-3-5-15(11)21-17(14)20/h2-9H,1H3,(H2,18,19). The summed E-state index contributed by atoms with van der Waals surface area (Å²) in [7, 11) is 0. The van der Waals surface area contributed by atoms with Crippen LogP contribution in [0.2, 0.25) is 0 Å². The lowest BCUT2D eigenvalue weighted by Crippen LogP contribution is -2.12. The minimum Gasteiger partial charge on any atom is -0.422 e. The molecule has 0 aliphatic rings. The molecule has 1 aromatic heterocycles. The molecule has 4 heteroatoms. The summed E-state index contributed by atoms with van der Waals surface area (Å²) in [5.41, 5.74) is 7.73. The van der Waals surface area contributed by atoms with Crippen molar-refractivity contribution in [3.8, 4) is 11.1 Å². The molecule has 3 aromatic rings. The van der Waals surface area contributed by atoms with Crippen molar-refractivity contribution in [2.24, 2.45) is 5.73 Å². The van der Waals surface area contributed by atoms with E-state index in [1.807, 2.05) is 25.1 Å². The number of para-hydroxylation sites is 1. The van der Waals surface area contributed by atoms with Crippen LogP contribution in [0.15, 0.2) is 57.7 Å². The number of benzene rings is 2. The van der Waals surface area contributed by atoms with Gasteiger partial charge in [0.25, 0.3) is 0 Å². The van der Waals surface area contributed by atoms with Gasteiger partial charge in [0, 0.05) is 10.9 Å². The van der Waals surface area contributed by atoms with Gasteiger partial charge in [0.15, 0.2) is 0 Å². The number of carbonyl (C=O) groups is 1. The zero-order valence-corrected chi connectivity index (χ0v) is 11.4. The molecular weight excluding hydrogens is 266 g/mol. The van der Waals surface area contributed by atoms with E-state index in [4.69, 9.17) is 10.2 Å². The fraction of sp³-hybridized carbons (Fsp3) is 0.0588. The first kappa shape index (κ1) is 13.1. The van der Waals surface area contributed by atoms with E-state index < -0.39 is 11.5 Å². The highest BCUT2D eigenvalue weighted by molar-refractivity contribution is 5.94. The first-order valence-electron chi connectivity index (χ1n) is 6.50. The summed E-state index contributed by atoms with van der Waals surface area (Å²) in [5, 5.41) is 0.830. The van der Waals surface area contributed by atoms with E-state index in [0.29, 0.717) is 22.3 Å². The smallest absolute Gasteiger partial charge is 0.344 e. The normalized spacial score (nSPS) is 10.7. The van der Waals surface area contributed by atoms with Crippen LogP contribution in [0.1, 0.15) is 15.9 Å².